The maximum Gasteiger partial charge on any atom is 3.00 e. The second-order valence-corrected chi connectivity index (χ2v) is 3.69. The molecule has 12 nitrogen and oxygen atoms in total. The van der Waals surface area contributed by atoms with Crippen LogP contribution in [0.1, 0.15) is 0 Å². The Morgan fingerprint density at radius 3 is 0.789 bits per heavy atom. The van der Waals surface area contributed by atoms with Gasteiger partial charge in [-0.05, 0) is 0 Å². The second-order valence-electron chi connectivity index (χ2n) is 1.23. The van der Waals surface area contributed by atoms with Gasteiger partial charge in [0.25, 0.3) is 0 Å². The molecule has 108 valence electrons. The third-order valence-corrected chi connectivity index (χ3v) is 1.18. The Kier molecular flexibility index (Phi) is 31.1. The molecule has 0 fully saturated rings. The molecule has 0 spiro atoms. The van der Waals surface area contributed by atoms with Crippen LogP contribution in [0.4, 0.5) is 13.6 Å². The smallest absolute Gasteiger partial charge is 0.677 e. The van der Waals surface area contributed by atoms with Crippen molar-refractivity contribution in [2.75, 3.05) is 0 Å². The van der Waals surface area contributed by atoms with E-state index in [4.69, 9.17) is 15.8 Å². The van der Waals surface area contributed by atoms with Crippen LogP contribution >= 0.6 is 0 Å². The molecule has 0 atom stereocenters. The Hall–Kier alpha value is -0.947. The first-order chi connectivity index (χ1) is 8.42. The van der Waals surface area contributed by atoms with Gasteiger partial charge in [-0.1, -0.05) is 0 Å². The molecule has 19 heteroatoms. The van der Waals surface area contributed by atoms with Gasteiger partial charge in [0.1, 0.15) is 0 Å². The molecular weight excluding hydrogens is 360 g/mol. The Morgan fingerprint density at radius 1 is 0.632 bits per heavy atom. The summed E-state index contributed by atoms with van der Waals surface area (Å²) in [6, 6.07) is 0. The molecule has 0 N–H and O–H groups in total. The van der Waals surface area contributed by atoms with Crippen LogP contribution in [0.15, 0.2) is 0 Å². The topological polar surface area (TPSA) is 176 Å². The predicted molar refractivity (Wildman–Crippen MR) is 34.9 cm³/mol. The van der Waals surface area contributed by atoms with Crippen LogP contribution in [0.5, 0.6) is 0 Å². The van der Waals surface area contributed by atoms with Gasteiger partial charge in [0.2, 0.25) is 0 Å². The first-order valence-corrected chi connectivity index (χ1v) is 6.47. The van der Waals surface area contributed by atoms with Crippen molar-refractivity contribution in [3.05, 3.63) is 0 Å². The summed E-state index contributed by atoms with van der Waals surface area (Å²) in [5, 5.41) is 26.2. The van der Waals surface area contributed by atoms with Gasteiger partial charge in [0.15, 0.2) is 0 Å². The molecule has 0 aliphatic rings. The van der Waals surface area contributed by atoms with Gasteiger partial charge >= 0.3 is 44.9 Å². The van der Waals surface area contributed by atoms with Crippen molar-refractivity contribution in [3.8, 4) is 0 Å². The SMILES string of the molecule is O=[Si](O[O-])OF.O=[Si](O[O-])OF.O=[Si](O[O-])OF.[Al+3]. The molecule has 0 unspecified atom stereocenters. The fourth-order valence-corrected chi connectivity index (χ4v) is 0.116. The monoisotopic (exact) mass is 360 g/mol. The Labute approximate surface area is 116 Å². The average molecular weight is 360 g/mol. The minimum atomic E-state index is -3.34. The van der Waals surface area contributed by atoms with Crippen LogP contribution in [0, 0.1) is 0 Å². The van der Waals surface area contributed by atoms with E-state index < -0.39 is 27.5 Å². The van der Waals surface area contributed by atoms with E-state index in [0.717, 1.165) is 0 Å². The van der Waals surface area contributed by atoms with Crippen LogP contribution in [0.3, 0.4) is 0 Å². The van der Waals surface area contributed by atoms with Crippen LogP contribution in [-0.4, -0.2) is 44.9 Å². The normalized spacial score (nSPS) is 6.63. The molecule has 0 aromatic rings. The zero-order valence-corrected chi connectivity index (χ0v) is 12.3. The second kappa shape index (κ2) is 22.3. The van der Waals surface area contributed by atoms with Gasteiger partial charge in [-0.2, -0.15) is 0 Å². The summed E-state index contributed by atoms with van der Waals surface area (Å²) < 4.78 is 73.6. The van der Waals surface area contributed by atoms with Gasteiger partial charge in [0.05, 0.1) is 0 Å². The average Bonchev–Trinajstić information content (AvgIpc) is 2.45. The van der Waals surface area contributed by atoms with Crippen molar-refractivity contribution in [3.63, 3.8) is 0 Å². The van der Waals surface area contributed by atoms with Crippen molar-refractivity contribution in [1.82, 2.24) is 0 Å². The summed E-state index contributed by atoms with van der Waals surface area (Å²) in [4.78, 5) is 0. The number of halogens is 3. The van der Waals surface area contributed by atoms with E-state index >= 15 is 0 Å². The first kappa shape index (κ1) is 26.6. The van der Waals surface area contributed by atoms with E-state index in [2.05, 4.69) is 27.6 Å². The minimum absolute atomic E-state index is 0. The Bertz CT molecular complexity index is 180. The van der Waals surface area contributed by atoms with Gasteiger partial charge in [0, 0.05) is 13.6 Å². The molecule has 0 aliphatic carbocycles. The van der Waals surface area contributed by atoms with E-state index in [0.29, 0.717) is 0 Å². The first-order valence-electron chi connectivity index (χ1n) is 2.80. The van der Waals surface area contributed by atoms with E-state index in [-0.39, 0.29) is 17.4 Å². The molecule has 0 radical (unpaired) electrons. The standard InChI is InChI=1S/Al.3FHO4Si/c;3*1-4-6(3)5-2/h;3*2H/q+3;;;/p-3. The maximum absolute atomic E-state index is 10.3. The number of rotatable bonds is 6. The van der Waals surface area contributed by atoms with Crippen LogP contribution < -0.4 is 15.8 Å². The fourth-order valence-electron chi connectivity index (χ4n) is 0.0386. The summed E-state index contributed by atoms with van der Waals surface area (Å²) >= 11 is 0. The van der Waals surface area contributed by atoms with E-state index in [9.17, 15) is 27.0 Å². The Morgan fingerprint density at radius 2 is 0.789 bits per heavy atom. The molecule has 0 heterocycles. The van der Waals surface area contributed by atoms with Crippen molar-refractivity contribution < 1.29 is 70.4 Å². The molecule has 0 saturated carbocycles. The number of hydrogen-bond acceptors (Lipinski definition) is 12. The zero-order valence-electron chi connectivity index (χ0n) is 8.11. The van der Waals surface area contributed by atoms with Crippen molar-refractivity contribution in [2.45, 2.75) is 0 Å². The fraction of sp³-hybridized carbons (Fsp3) is 0. The van der Waals surface area contributed by atoms with Crippen molar-refractivity contribution in [1.29, 1.82) is 0 Å². The maximum atomic E-state index is 10.3. The van der Waals surface area contributed by atoms with Gasteiger partial charge in [-0.3, -0.25) is 27.3 Å². The van der Waals surface area contributed by atoms with Gasteiger partial charge in [-0.25, -0.2) is 0 Å². The largest absolute Gasteiger partial charge is 3.00 e. The van der Waals surface area contributed by atoms with E-state index in [1.165, 1.54) is 0 Å². The molecule has 0 bridgehead atoms. The molecule has 0 amide bonds. The quantitative estimate of drug-likeness (QED) is 0.252. The molecule has 19 heavy (non-hydrogen) atoms. The zero-order chi connectivity index (χ0) is 15.0. The Balaban J connectivity index is -0.0000000865. The molecule has 0 rings (SSSR count). The van der Waals surface area contributed by atoms with Gasteiger partial charge < -0.3 is 29.5 Å². The summed E-state index contributed by atoms with van der Waals surface area (Å²) in [5.74, 6) is 0. The third-order valence-electron chi connectivity index (χ3n) is 0.393. The van der Waals surface area contributed by atoms with Gasteiger partial charge in [-0.15, -0.1) is 0 Å². The molecule has 0 aromatic carbocycles. The van der Waals surface area contributed by atoms with E-state index in [1.54, 1.807) is 0 Å². The van der Waals surface area contributed by atoms with Crippen molar-refractivity contribution in [2.24, 2.45) is 0 Å². The molecule has 0 saturated heterocycles. The van der Waals surface area contributed by atoms with Crippen LogP contribution in [-0.2, 0) is 41.0 Å². The van der Waals surface area contributed by atoms with Crippen LogP contribution in [0.25, 0.3) is 0 Å². The summed E-state index contributed by atoms with van der Waals surface area (Å²) in [6.45, 7) is 0. The minimum Gasteiger partial charge on any atom is -0.677 e. The molecular formula is AlF3O12Si3. The van der Waals surface area contributed by atoms with Crippen LogP contribution in [0.2, 0.25) is 0 Å². The summed E-state index contributed by atoms with van der Waals surface area (Å²) in [7, 11) is -10.0. The third kappa shape index (κ3) is 31.6. The van der Waals surface area contributed by atoms with E-state index in [1.807, 2.05) is 0 Å². The molecule has 0 aromatic heterocycles. The number of hydrogen-bond donors (Lipinski definition) is 0. The molecule has 0 aliphatic heterocycles. The van der Waals surface area contributed by atoms with Crippen molar-refractivity contribution >= 4 is 44.9 Å². The summed E-state index contributed by atoms with van der Waals surface area (Å²) in [6.07, 6.45) is 0. The predicted octanol–water partition coefficient (Wildman–Crippen LogP) is -4.60. The summed E-state index contributed by atoms with van der Waals surface area (Å²) in [5.41, 5.74) is 0.